The van der Waals surface area contributed by atoms with Crippen molar-refractivity contribution in [1.82, 2.24) is 0 Å². The molecule has 0 fully saturated rings. The Morgan fingerprint density at radius 3 is 0.757 bits per heavy atom. The van der Waals surface area contributed by atoms with Gasteiger partial charge in [-0.25, -0.2) is 9.13 Å². The molecule has 5 atom stereocenters. The highest BCUT2D eigenvalue weighted by Crippen LogP contribution is 2.45. The highest BCUT2D eigenvalue weighted by atomic mass is 31.2. The molecule has 0 aromatic carbocycles. The maximum atomic E-state index is 13.0. The van der Waals surface area contributed by atoms with Gasteiger partial charge in [0.2, 0.25) is 0 Å². The number of aliphatic hydroxyl groups is 2. The van der Waals surface area contributed by atoms with Crippen molar-refractivity contribution in [3.63, 3.8) is 0 Å². The Bertz CT molecular complexity index is 2600. The van der Waals surface area contributed by atoms with E-state index in [0.717, 1.165) is 154 Å². The van der Waals surface area contributed by atoms with E-state index >= 15 is 0 Å². The minimum absolute atomic E-state index is 0.0837. The molecule has 0 aromatic rings. The van der Waals surface area contributed by atoms with Gasteiger partial charge in [-0.15, -0.1) is 0 Å². The number of carbonyl (C=O) groups excluding carboxylic acids is 3. The Morgan fingerprint density at radius 2 is 0.477 bits per heavy atom. The summed E-state index contributed by atoms with van der Waals surface area (Å²) in [6, 6.07) is 0. The Hall–Kier alpha value is -4.57. The zero-order valence-corrected chi connectivity index (χ0v) is 71.9. The summed E-state index contributed by atoms with van der Waals surface area (Å²) in [5.74, 6) is -1.59. The number of phosphoric acid groups is 2. The molecule has 5 unspecified atom stereocenters. The van der Waals surface area contributed by atoms with Crippen molar-refractivity contribution in [3.8, 4) is 0 Å². The predicted octanol–water partition coefficient (Wildman–Crippen LogP) is 26.8. The van der Waals surface area contributed by atoms with Gasteiger partial charge in [0.05, 0.1) is 26.4 Å². The number of aliphatic hydroxyl groups excluding tert-OH is 2. The van der Waals surface area contributed by atoms with Crippen molar-refractivity contribution in [2.24, 2.45) is 0 Å². The van der Waals surface area contributed by atoms with Crippen molar-refractivity contribution in [1.29, 1.82) is 0 Å². The molecule has 0 bridgehead atoms. The van der Waals surface area contributed by atoms with E-state index in [4.69, 9.17) is 32.3 Å². The Labute approximate surface area is 677 Å². The van der Waals surface area contributed by atoms with Gasteiger partial charge in [-0.05, 0) is 148 Å². The number of hydrogen-bond acceptors (Lipinski definition) is 14. The predicted molar refractivity (Wildman–Crippen MR) is 463 cm³/mol. The van der Waals surface area contributed by atoms with E-state index in [1.165, 1.54) is 154 Å². The Balaban J connectivity index is 4.57. The number of phosphoric ester groups is 2. The fourth-order valence-electron chi connectivity index (χ4n) is 11.8. The molecule has 16 nitrogen and oxygen atoms in total. The number of unbranched alkanes of at least 4 members (excludes halogenated alkanes) is 36. The molecule has 18 heteroatoms. The molecule has 0 heterocycles. The standard InChI is InChI=1S/C93H160O16P2/c1-4-7-10-13-16-19-22-25-28-31-34-36-38-40-41-42-43-44-45-47-49-50-53-55-58-61-64-67-70-73-76-79-91(96)103-82-88(94)83-105-110(99,100)106-84-89(95)85-107-111(101,102)108-87-90(109-93(98)81-78-75-72-69-66-63-60-57-52-33-30-27-24-21-18-15-12-9-6-3)86-104-92(97)80-77-74-71-68-65-62-59-56-54-51-48-46-39-37-35-32-29-26-23-20-17-14-11-8-5-2/h9,12,16-21,25-30,34-37,40-41,46,48,52,57,88-90,94-95H,4-8,10-11,13-15,22-24,31-33,38-39,42-45,47,49-51,53-56,58-87H2,1-3H3,(H,99,100)(H,101,102)/b12-9-,19-16-,20-17-,21-18-,28-25-,29-26-,30-27-,36-34-,37-35-,41-40-,48-46-,57-52-. The molecule has 0 rings (SSSR count). The van der Waals surface area contributed by atoms with E-state index in [9.17, 15) is 43.5 Å². The minimum Gasteiger partial charge on any atom is -0.463 e. The van der Waals surface area contributed by atoms with Gasteiger partial charge in [-0.2, -0.15) is 0 Å². The van der Waals surface area contributed by atoms with Crippen LogP contribution in [0, 0.1) is 0 Å². The highest BCUT2D eigenvalue weighted by molar-refractivity contribution is 7.47. The first-order chi connectivity index (χ1) is 54.2. The maximum Gasteiger partial charge on any atom is 0.472 e. The first-order valence-electron chi connectivity index (χ1n) is 44.1. The van der Waals surface area contributed by atoms with Gasteiger partial charge in [0.25, 0.3) is 0 Å². The van der Waals surface area contributed by atoms with Crippen molar-refractivity contribution >= 4 is 33.6 Å². The molecule has 0 radical (unpaired) electrons. The van der Waals surface area contributed by atoms with Crippen LogP contribution in [0.25, 0.3) is 0 Å². The number of hydrogen-bond donors (Lipinski definition) is 4. The summed E-state index contributed by atoms with van der Waals surface area (Å²) >= 11 is 0. The molecular formula is C93H160O16P2. The second kappa shape index (κ2) is 84.8. The van der Waals surface area contributed by atoms with Gasteiger partial charge in [-0.1, -0.05) is 346 Å². The summed E-state index contributed by atoms with van der Waals surface area (Å²) in [6.45, 7) is 2.53. The molecule has 0 aromatic heterocycles. The second-order valence-corrected chi connectivity index (χ2v) is 32.2. The normalized spacial score (nSPS) is 14.5. The van der Waals surface area contributed by atoms with Crippen molar-refractivity contribution in [2.45, 2.75) is 386 Å². The van der Waals surface area contributed by atoms with Crippen LogP contribution >= 0.6 is 15.6 Å². The SMILES string of the molecule is CC/C=C\C/C=C\C/C=C\C/C=C\CCCCCCCCC(=O)OC(COC(=O)CCCCCCCCCCC/C=C\C/C=C\C/C=C\C/C=C\CCCCC)COP(=O)(O)OCC(O)COP(=O)(O)OCC(O)COC(=O)CCCCCCCCCCCCCCCCC/C=C\C/C=C\C/C=C\C/C=C\CCCCC. The molecule has 0 aliphatic carbocycles. The maximum absolute atomic E-state index is 13.0. The quantitative estimate of drug-likeness (QED) is 0.0146. The van der Waals surface area contributed by atoms with Crippen LogP contribution in [0.1, 0.15) is 367 Å². The molecule has 0 aliphatic rings. The molecule has 0 amide bonds. The van der Waals surface area contributed by atoms with Crippen LogP contribution in [-0.4, -0.2) is 95.9 Å². The second-order valence-electron chi connectivity index (χ2n) is 29.3. The molecule has 4 N–H and O–H groups in total. The highest BCUT2D eigenvalue weighted by Gasteiger charge is 2.29. The summed E-state index contributed by atoms with van der Waals surface area (Å²) in [7, 11) is -9.81. The van der Waals surface area contributed by atoms with Crippen LogP contribution in [0.5, 0.6) is 0 Å². The first kappa shape index (κ1) is 106. The van der Waals surface area contributed by atoms with E-state index in [1.807, 2.05) is 0 Å². The number of rotatable bonds is 83. The summed E-state index contributed by atoms with van der Waals surface area (Å²) in [5.41, 5.74) is 0. The van der Waals surface area contributed by atoms with Gasteiger partial charge in [0.15, 0.2) is 6.10 Å². The molecule has 0 aliphatic heterocycles. The van der Waals surface area contributed by atoms with Crippen LogP contribution in [0.2, 0.25) is 0 Å². The van der Waals surface area contributed by atoms with E-state index in [2.05, 4.69) is 167 Å². The molecule has 0 saturated carbocycles. The van der Waals surface area contributed by atoms with Crippen LogP contribution in [0.15, 0.2) is 146 Å². The number of allylic oxidation sites excluding steroid dienone is 24. The molecule has 0 spiro atoms. The largest absolute Gasteiger partial charge is 0.472 e. The van der Waals surface area contributed by atoms with E-state index in [0.29, 0.717) is 19.3 Å². The van der Waals surface area contributed by atoms with Gasteiger partial charge in [-0.3, -0.25) is 32.5 Å². The lowest BCUT2D eigenvalue weighted by Gasteiger charge is -2.21. The Morgan fingerprint density at radius 1 is 0.261 bits per heavy atom. The van der Waals surface area contributed by atoms with Gasteiger partial charge >= 0.3 is 33.6 Å². The summed E-state index contributed by atoms with van der Waals surface area (Å²) < 4.78 is 61.4. The fourth-order valence-corrected chi connectivity index (χ4v) is 13.4. The third-order valence-corrected chi connectivity index (χ3v) is 20.4. The first-order valence-corrected chi connectivity index (χ1v) is 47.1. The summed E-state index contributed by atoms with van der Waals surface area (Å²) in [6.07, 6.45) is 106. The lowest BCUT2D eigenvalue weighted by atomic mass is 10.0. The molecule has 111 heavy (non-hydrogen) atoms. The summed E-state index contributed by atoms with van der Waals surface area (Å²) in [4.78, 5) is 58.9. The van der Waals surface area contributed by atoms with Gasteiger partial charge < -0.3 is 34.2 Å². The average molecular weight is 1600 g/mol. The number of ether oxygens (including phenoxy) is 3. The van der Waals surface area contributed by atoms with Crippen molar-refractivity contribution < 1.29 is 75.8 Å². The monoisotopic (exact) mass is 1600 g/mol. The average Bonchev–Trinajstić information content (AvgIpc) is 0.885. The fraction of sp³-hybridized carbons (Fsp3) is 0.710. The number of esters is 3. The van der Waals surface area contributed by atoms with Crippen LogP contribution < -0.4 is 0 Å². The van der Waals surface area contributed by atoms with E-state index in [1.54, 1.807) is 0 Å². The zero-order valence-electron chi connectivity index (χ0n) is 70.1. The van der Waals surface area contributed by atoms with Crippen LogP contribution in [-0.2, 0) is 55.8 Å². The van der Waals surface area contributed by atoms with E-state index < -0.39 is 91.5 Å². The Kier molecular flexibility index (Phi) is 81.3. The van der Waals surface area contributed by atoms with Gasteiger partial charge in [0.1, 0.15) is 25.4 Å². The minimum atomic E-state index is -4.95. The van der Waals surface area contributed by atoms with Crippen molar-refractivity contribution in [3.05, 3.63) is 146 Å². The smallest absolute Gasteiger partial charge is 0.463 e. The third kappa shape index (κ3) is 86.1. The topological polar surface area (TPSA) is 231 Å². The summed E-state index contributed by atoms with van der Waals surface area (Å²) in [5, 5.41) is 20.7. The zero-order chi connectivity index (χ0) is 80.8. The number of carbonyl (C=O) groups is 3. The van der Waals surface area contributed by atoms with Crippen LogP contribution in [0.4, 0.5) is 0 Å². The molecular weight excluding hydrogens is 1430 g/mol. The third-order valence-electron chi connectivity index (χ3n) is 18.5. The lowest BCUT2D eigenvalue weighted by molar-refractivity contribution is -0.161. The van der Waals surface area contributed by atoms with Gasteiger partial charge in [0, 0.05) is 19.3 Å². The van der Waals surface area contributed by atoms with Crippen molar-refractivity contribution in [2.75, 3.05) is 39.6 Å². The van der Waals surface area contributed by atoms with E-state index in [-0.39, 0.29) is 19.3 Å². The lowest BCUT2D eigenvalue weighted by Crippen LogP contribution is -2.30. The molecule has 638 valence electrons. The molecule has 0 saturated heterocycles. The van der Waals surface area contributed by atoms with Crippen LogP contribution in [0.3, 0.4) is 0 Å².